The van der Waals surface area contributed by atoms with Gasteiger partial charge in [0.05, 0.1) is 0 Å². The Kier molecular flexibility index (Phi) is 3.15. The summed E-state index contributed by atoms with van der Waals surface area (Å²) in [7, 11) is 1.69. The molecule has 0 aliphatic carbocycles. The van der Waals surface area contributed by atoms with Crippen molar-refractivity contribution in [3.63, 3.8) is 0 Å². The van der Waals surface area contributed by atoms with Gasteiger partial charge in [-0.3, -0.25) is 10.1 Å². The number of carbonyl (C=O) groups excluding carboxylic acids is 1. The fourth-order valence-corrected chi connectivity index (χ4v) is 1.41. The number of nitrogens with one attached hydrogen (secondary N) is 1. The lowest BCUT2D eigenvalue weighted by Crippen LogP contribution is -2.28. The second-order valence-electron chi connectivity index (χ2n) is 3.58. The minimum absolute atomic E-state index is 0.313. The molecule has 0 aliphatic heterocycles. The summed E-state index contributed by atoms with van der Waals surface area (Å²) in [6, 6.07) is 8.45. The smallest absolute Gasteiger partial charge is 0.248 e. The van der Waals surface area contributed by atoms with Crippen LogP contribution in [0.15, 0.2) is 36.7 Å². The molecule has 0 aliphatic rings. The molecule has 3 N–H and O–H groups in total. The summed E-state index contributed by atoms with van der Waals surface area (Å²) >= 11 is 0. The van der Waals surface area contributed by atoms with E-state index >= 15 is 0 Å². The maximum atomic E-state index is 11.8. The monoisotopic (exact) mass is 231 g/mol. The first-order valence-electron chi connectivity index (χ1n) is 5.14. The molecule has 1 atom stereocenters. The van der Waals surface area contributed by atoms with Crippen LogP contribution in [0.25, 0.3) is 0 Å². The number of aryl methyl sites for hydroxylation is 1. The van der Waals surface area contributed by atoms with Crippen molar-refractivity contribution in [3.05, 3.63) is 42.2 Å². The number of amides is 1. The maximum Gasteiger partial charge on any atom is 0.248 e. The summed E-state index contributed by atoms with van der Waals surface area (Å²) in [5, 5.41) is 6.47. The number of hydrogen-bond donors (Lipinski definition) is 2. The molecular weight excluding hydrogens is 218 g/mol. The molecule has 0 spiro atoms. The highest BCUT2D eigenvalue weighted by atomic mass is 16.2. The van der Waals surface area contributed by atoms with Crippen molar-refractivity contribution < 1.29 is 4.79 Å². The predicted molar refractivity (Wildman–Crippen MR) is 63.0 cm³/mol. The SMILES string of the molecule is Cn1ncnc1NC(=O)[C@H](N)c1ccccc1. The number of anilines is 1. The average molecular weight is 231 g/mol. The van der Waals surface area contributed by atoms with Gasteiger partial charge in [0, 0.05) is 7.05 Å². The van der Waals surface area contributed by atoms with Crippen LogP contribution in [0.5, 0.6) is 0 Å². The molecule has 17 heavy (non-hydrogen) atoms. The molecule has 1 heterocycles. The molecule has 0 saturated carbocycles. The summed E-state index contributed by atoms with van der Waals surface area (Å²) in [4.78, 5) is 15.7. The van der Waals surface area contributed by atoms with E-state index in [1.165, 1.54) is 11.0 Å². The van der Waals surface area contributed by atoms with Crippen molar-refractivity contribution in [2.24, 2.45) is 12.8 Å². The number of hydrogen-bond acceptors (Lipinski definition) is 4. The number of nitrogens with two attached hydrogens (primary N) is 1. The van der Waals surface area contributed by atoms with Gasteiger partial charge in [-0.25, -0.2) is 4.68 Å². The average Bonchev–Trinajstić information content (AvgIpc) is 2.75. The van der Waals surface area contributed by atoms with Crippen molar-refractivity contribution >= 4 is 11.9 Å². The molecule has 2 aromatic rings. The van der Waals surface area contributed by atoms with Crippen molar-refractivity contribution in [2.45, 2.75) is 6.04 Å². The summed E-state index contributed by atoms with van der Waals surface area (Å²) in [6.07, 6.45) is 1.36. The fraction of sp³-hybridized carbons (Fsp3) is 0.182. The van der Waals surface area contributed by atoms with Crippen LogP contribution in [-0.2, 0) is 11.8 Å². The van der Waals surface area contributed by atoms with Crippen LogP contribution in [-0.4, -0.2) is 20.7 Å². The molecule has 0 unspecified atom stereocenters. The Morgan fingerprint density at radius 3 is 2.71 bits per heavy atom. The Hall–Kier alpha value is -2.21. The van der Waals surface area contributed by atoms with E-state index in [0.29, 0.717) is 5.95 Å². The van der Waals surface area contributed by atoms with E-state index < -0.39 is 6.04 Å². The van der Waals surface area contributed by atoms with Crippen LogP contribution < -0.4 is 11.1 Å². The lowest BCUT2D eigenvalue weighted by molar-refractivity contribution is -0.117. The van der Waals surface area contributed by atoms with E-state index in [2.05, 4.69) is 15.4 Å². The van der Waals surface area contributed by atoms with Crippen LogP contribution in [0.3, 0.4) is 0 Å². The first kappa shape index (κ1) is 11.3. The standard InChI is InChI=1S/C11H13N5O/c1-16-11(13-7-14-16)15-10(17)9(12)8-5-3-2-4-6-8/h2-7,9H,12H2,1H3,(H,13,14,15,17)/t9-/m1/s1. The molecular formula is C11H13N5O. The van der Waals surface area contributed by atoms with Crippen molar-refractivity contribution in [1.29, 1.82) is 0 Å². The number of nitrogens with zero attached hydrogens (tertiary/aromatic N) is 3. The van der Waals surface area contributed by atoms with Crippen LogP contribution in [0.2, 0.25) is 0 Å². The first-order chi connectivity index (χ1) is 8.18. The molecule has 0 bridgehead atoms. The van der Waals surface area contributed by atoms with Crippen LogP contribution in [0.1, 0.15) is 11.6 Å². The van der Waals surface area contributed by atoms with E-state index in [1.807, 2.05) is 18.2 Å². The first-order valence-corrected chi connectivity index (χ1v) is 5.14. The Balaban J connectivity index is 2.09. The quantitative estimate of drug-likeness (QED) is 0.803. The highest BCUT2D eigenvalue weighted by Gasteiger charge is 2.16. The van der Waals surface area contributed by atoms with Crippen LogP contribution >= 0.6 is 0 Å². The molecule has 88 valence electrons. The summed E-state index contributed by atoms with van der Waals surface area (Å²) in [5.74, 6) is 0.0636. The van der Waals surface area contributed by atoms with Gasteiger partial charge in [0.1, 0.15) is 12.4 Å². The Morgan fingerprint density at radius 1 is 1.41 bits per heavy atom. The summed E-state index contributed by atoms with van der Waals surface area (Å²) < 4.78 is 1.47. The van der Waals surface area contributed by atoms with Gasteiger partial charge in [0.25, 0.3) is 0 Å². The summed E-state index contributed by atoms with van der Waals surface area (Å²) in [5.41, 5.74) is 6.59. The predicted octanol–water partition coefficient (Wildman–Crippen LogP) is 0.454. The highest BCUT2D eigenvalue weighted by molar-refractivity contribution is 5.93. The van der Waals surface area contributed by atoms with E-state index in [4.69, 9.17) is 5.73 Å². The van der Waals surface area contributed by atoms with Crippen molar-refractivity contribution in [2.75, 3.05) is 5.32 Å². The topological polar surface area (TPSA) is 85.8 Å². The number of carbonyl (C=O) groups is 1. The summed E-state index contributed by atoms with van der Waals surface area (Å²) in [6.45, 7) is 0. The molecule has 6 nitrogen and oxygen atoms in total. The molecule has 6 heteroatoms. The Morgan fingerprint density at radius 2 is 2.12 bits per heavy atom. The molecule has 2 rings (SSSR count). The second kappa shape index (κ2) is 4.75. The zero-order chi connectivity index (χ0) is 12.3. The highest BCUT2D eigenvalue weighted by Crippen LogP contribution is 2.11. The molecule has 0 radical (unpaired) electrons. The molecule has 1 aromatic heterocycles. The van der Waals surface area contributed by atoms with Crippen molar-refractivity contribution in [3.8, 4) is 0 Å². The van der Waals surface area contributed by atoms with E-state index in [0.717, 1.165) is 5.56 Å². The van der Waals surface area contributed by atoms with Gasteiger partial charge < -0.3 is 5.73 Å². The number of rotatable bonds is 3. The Bertz CT molecular complexity index is 508. The van der Waals surface area contributed by atoms with Gasteiger partial charge in [-0.2, -0.15) is 10.1 Å². The van der Waals surface area contributed by atoms with Gasteiger partial charge in [0.15, 0.2) is 0 Å². The molecule has 0 saturated heterocycles. The van der Waals surface area contributed by atoms with Gasteiger partial charge in [-0.1, -0.05) is 30.3 Å². The third-order valence-corrected chi connectivity index (χ3v) is 2.39. The van der Waals surface area contributed by atoms with E-state index in [-0.39, 0.29) is 5.91 Å². The Labute approximate surface area is 98.5 Å². The minimum Gasteiger partial charge on any atom is -0.316 e. The largest absolute Gasteiger partial charge is 0.316 e. The third kappa shape index (κ3) is 2.48. The van der Waals surface area contributed by atoms with Crippen LogP contribution in [0, 0.1) is 0 Å². The fourth-order valence-electron chi connectivity index (χ4n) is 1.41. The normalized spacial score (nSPS) is 12.1. The molecule has 0 fully saturated rings. The zero-order valence-corrected chi connectivity index (χ0v) is 9.37. The van der Waals surface area contributed by atoms with Gasteiger partial charge in [-0.15, -0.1) is 0 Å². The zero-order valence-electron chi connectivity index (χ0n) is 9.37. The van der Waals surface area contributed by atoms with Gasteiger partial charge in [-0.05, 0) is 5.56 Å². The maximum absolute atomic E-state index is 11.8. The number of aromatic nitrogens is 3. The van der Waals surface area contributed by atoms with Gasteiger partial charge in [0.2, 0.25) is 11.9 Å². The lowest BCUT2D eigenvalue weighted by Gasteiger charge is -2.11. The van der Waals surface area contributed by atoms with E-state index in [1.54, 1.807) is 19.2 Å². The van der Waals surface area contributed by atoms with Crippen LogP contribution in [0.4, 0.5) is 5.95 Å². The lowest BCUT2D eigenvalue weighted by atomic mass is 10.1. The second-order valence-corrected chi connectivity index (χ2v) is 3.58. The third-order valence-electron chi connectivity index (χ3n) is 2.39. The molecule has 1 aromatic carbocycles. The van der Waals surface area contributed by atoms with Crippen molar-refractivity contribution in [1.82, 2.24) is 14.8 Å². The van der Waals surface area contributed by atoms with Gasteiger partial charge >= 0.3 is 0 Å². The number of benzene rings is 1. The minimum atomic E-state index is -0.715. The molecule has 1 amide bonds. The van der Waals surface area contributed by atoms with E-state index in [9.17, 15) is 4.79 Å².